The number of imidazole rings is 1. The van der Waals surface area contributed by atoms with Gasteiger partial charge in [0.05, 0.1) is 12.1 Å². The van der Waals surface area contributed by atoms with Crippen LogP contribution < -0.4 is 17.0 Å². The molecule has 6 N–H and O–H groups in total. The summed E-state index contributed by atoms with van der Waals surface area (Å²) in [4.78, 5) is 18.5. The van der Waals surface area contributed by atoms with Gasteiger partial charge in [-0.2, -0.15) is 0 Å². The van der Waals surface area contributed by atoms with Crippen LogP contribution in [0.1, 0.15) is 47.8 Å². The van der Waals surface area contributed by atoms with E-state index in [1.54, 1.807) is 16.8 Å². The van der Waals surface area contributed by atoms with E-state index < -0.39 is 0 Å². The summed E-state index contributed by atoms with van der Waals surface area (Å²) in [6, 6.07) is 21.1. The number of nitrogens with one attached hydrogen (secondary N) is 2. The Hall–Kier alpha value is -4.72. The van der Waals surface area contributed by atoms with Gasteiger partial charge in [0, 0.05) is 29.8 Å². The maximum Gasteiger partial charge on any atom is 0.277 e. The van der Waals surface area contributed by atoms with E-state index in [4.69, 9.17) is 27.3 Å². The molecule has 5 rings (SSSR count). The van der Waals surface area contributed by atoms with E-state index in [0.717, 1.165) is 27.7 Å². The van der Waals surface area contributed by atoms with Gasteiger partial charge in [0.1, 0.15) is 23.0 Å². The minimum Gasteiger partial charge on any atom is -0.384 e. The number of fused-ring (bicyclic) bond motifs is 2. The molecule has 0 aliphatic heterocycles. The van der Waals surface area contributed by atoms with Crippen LogP contribution in [0.2, 0.25) is 0 Å². The molecule has 0 spiro atoms. The van der Waals surface area contributed by atoms with E-state index >= 15 is 0 Å². The Morgan fingerprint density at radius 3 is 2.27 bits per heavy atom. The number of benzene rings is 3. The highest BCUT2D eigenvalue weighted by atomic mass is 16.1. The fraction of sp³-hybridized carbons (Fsp3) is 0.172. The molecule has 0 fully saturated rings. The first-order chi connectivity index (χ1) is 17.7. The maximum absolute atomic E-state index is 13.7. The van der Waals surface area contributed by atoms with Gasteiger partial charge in [-0.25, -0.2) is 4.98 Å². The second-order valence-electron chi connectivity index (χ2n) is 9.62. The molecule has 3 aromatic carbocycles. The molecular formula is C29H29N7O. The number of nitrogen functional groups attached to an aromatic ring is 2. The molecular weight excluding hydrogens is 462 g/mol. The molecule has 0 saturated carbocycles. The first kappa shape index (κ1) is 24.0. The van der Waals surface area contributed by atoms with Crippen LogP contribution in [0.5, 0.6) is 0 Å². The number of amidine groups is 2. The summed E-state index contributed by atoms with van der Waals surface area (Å²) < 4.78 is 3.70. The monoisotopic (exact) mass is 491 g/mol. The van der Waals surface area contributed by atoms with Crippen molar-refractivity contribution in [3.05, 3.63) is 111 Å². The van der Waals surface area contributed by atoms with E-state index in [1.807, 2.05) is 59.2 Å². The summed E-state index contributed by atoms with van der Waals surface area (Å²) in [5, 5.41) is 17.4. The molecule has 0 aliphatic carbocycles. The molecule has 0 unspecified atom stereocenters. The number of hydrogen-bond acceptors (Lipinski definition) is 4. The van der Waals surface area contributed by atoms with Gasteiger partial charge in [0.15, 0.2) is 0 Å². The van der Waals surface area contributed by atoms with Crippen LogP contribution in [0.15, 0.2) is 77.7 Å². The normalized spacial score (nSPS) is 11.4. The Balaban J connectivity index is 1.56. The van der Waals surface area contributed by atoms with E-state index in [1.165, 1.54) is 0 Å². The maximum atomic E-state index is 13.7. The highest BCUT2D eigenvalue weighted by Crippen LogP contribution is 2.23. The molecule has 5 aromatic rings. The second kappa shape index (κ2) is 9.39. The lowest BCUT2D eigenvalue weighted by Crippen LogP contribution is -2.23. The average Bonchev–Trinajstić information content (AvgIpc) is 3.24. The summed E-state index contributed by atoms with van der Waals surface area (Å²) >= 11 is 0. The molecule has 0 amide bonds. The summed E-state index contributed by atoms with van der Waals surface area (Å²) in [5.41, 5.74) is 15.7. The van der Waals surface area contributed by atoms with E-state index in [9.17, 15) is 4.79 Å². The summed E-state index contributed by atoms with van der Waals surface area (Å²) in [7, 11) is 0. The van der Waals surface area contributed by atoms with Gasteiger partial charge >= 0.3 is 0 Å². The van der Waals surface area contributed by atoms with Crippen molar-refractivity contribution in [2.24, 2.45) is 11.5 Å². The molecule has 37 heavy (non-hydrogen) atoms. The van der Waals surface area contributed by atoms with Gasteiger partial charge in [-0.05, 0) is 46.2 Å². The molecule has 186 valence electrons. The Morgan fingerprint density at radius 2 is 1.54 bits per heavy atom. The molecule has 0 saturated heterocycles. The third-order valence-corrected chi connectivity index (χ3v) is 6.56. The number of pyridine rings is 1. The van der Waals surface area contributed by atoms with Gasteiger partial charge < -0.3 is 20.6 Å². The highest BCUT2D eigenvalue weighted by molar-refractivity contribution is 5.99. The Morgan fingerprint density at radius 1 is 0.865 bits per heavy atom. The largest absolute Gasteiger partial charge is 0.384 e. The predicted octanol–water partition coefficient (Wildman–Crippen LogP) is 4.14. The number of nitrogens with two attached hydrogens (primary N) is 2. The van der Waals surface area contributed by atoms with Crippen molar-refractivity contribution in [3.8, 4) is 0 Å². The number of nitrogens with zero attached hydrogens (tertiary/aromatic N) is 3. The van der Waals surface area contributed by atoms with Crippen LogP contribution in [0.4, 0.5) is 0 Å². The standard InChI is InChI=1S/C29H29N7O/c1-17(2)28-34-24-10-11-35(15-19-6-7-21-14-23(27(32)33)9-8-20(21)12-19)29(37)25(24)36(28)16-18-4-3-5-22(13-18)26(30)31/h3-14,17H,15-16H2,1-2H3,(H3,30,31)(H3,32,33). The Kier molecular flexibility index (Phi) is 6.09. The van der Waals surface area contributed by atoms with Gasteiger partial charge in [0.2, 0.25) is 0 Å². The summed E-state index contributed by atoms with van der Waals surface area (Å²) in [5.74, 6) is 1.01. The SMILES string of the molecule is CC(C)c1nc2ccn(Cc3ccc4cc(C(=N)N)ccc4c3)c(=O)c2n1Cc1cccc(C(=N)N)c1. The predicted molar refractivity (Wildman–Crippen MR) is 149 cm³/mol. The van der Waals surface area contributed by atoms with Crippen LogP contribution in [-0.4, -0.2) is 25.8 Å². The first-order valence-corrected chi connectivity index (χ1v) is 12.1. The van der Waals surface area contributed by atoms with Gasteiger partial charge in [-0.3, -0.25) is 15.6 Å². The third-order valence-electron chi connectivity index (χ3n) is 6.56. The van der Waals surface area contributed by atoms with Crippen LogP contribution in [-0.2, 0) is 13.1 Å². The van der Waals surface area contributed by atoms with Crippen LogP contribution in [0.3, 0.4) is 0 Å². The molecule has 8 heteroatoms. The third kappa shape index (κ3) is 4.61. The lowest BCUT2D eigenvalue weighted by Gasteiger charge is -2.13. The van der Waals surface area contributed by atoms with Crippen LogP contribution in [0.25, 0.3) is 21.8 Å². The fourth-order valence-electron chi connectivity index (χ4n) is 4.70. The lowest BCUT2D eigenvalue weighted by atomic mass is 10.0. The smallest absolute Gasteiger partial charge is 0.277 e. The Labute approximate surface area is 214 Å². The van der Waals surface area contributed by atoms with Crippen molar-refractivity contribution in [1.29, 1.82) is 10.8 Å². The van der Waals surface area contributed by atoms with Gasteiger partial charge in [0.25, 0.3) is 5.56 Å². The summed E-state index contributed by atoms with van der Waals surface area (Å²) in [6.45, 7) is 5.00. The van der Waals surface area contributed by atoms with Crippen LogP contribution >= 0.6 is 0 Å². The second-order valence-corrected chi connectivity index (χ2v) is 9.62. The van der Waals surface area contributed by atoms with Gasteiger partial charge in [-0.1, -0.05) is 56.3 Å². The van der Waals surface area contributed by atoms with E-state index in [2.05, 4.69) is 19.9 Å². The van der Waals surface area contributed by atoms with Gasteiger partial charge in [-0.15, -0.1) is 0 Å². The Bertz CT molecular complexity index is 1740. The number of hydrogen-bond donors (Lipinski definition) is 4. The zero-order chi connectivity index (χ0) is 26.3. The summed E-state index contributed by atoms with van der Waals surface area (Å²) in [6.07, 6.45) is 1.80. The molecule has 0 aliphatic rings. The minimum atomic E-state index is -0.105. The molecule has 2 aromatic heterocycles. The zero-order valence-electron chi connectivity index (χ0n) is 20.8. The minimum absolute atomic E-state index is 0.0108. The molecule has 8 nitrogen and oxygen atoms in total. The van der Waals surface area contributed by atoms with Crippen molar-refractivity contribution in [2.75, 3.05) is 0 Å². The lowest BCUT2D eigenvalue weighted by molar-refractivity contribution is 0.677. The van der Waals surface area contributed by atoms with Crippen molar-refractivity contribution in [2.45, 2.75) is 32.9 Å². The molecule has 0 radical (unpaired) electrons. The fourth-order valence-corrected chi connectivity index (χ4v) is 4.70. The zero-order valence-corrected chi connectivity index (χ0v) is 20.8. The first-order valence-electron chi connectivity index (χ1n) is 12.1. The van der Waals surface area contributed by atoms with Crippen molar-refractivity contribution in [1.82, 2.24) is 14.1 Å². The van der Waals surface area contributed by atoms with Crippen molar-refractivity contribution < 1.29 is 0 Å². The molecule has 2 heterocycles. The van der Waals surface area contributed by atoms with E-state index in [0.29, 0.717) is 35.2 Å². The van der Waals surface area contributed by atoms with Crippen molar-refractivity contribution >= 4 is 33.5 Å². The number of aromatic nitrogens is 3. The molecule has 0 atom stereocenters. The number of rotatable bonds is 7. The van der Waals surface area contributed by atoms with Crippen LogP contribution in [0, 0.1) is 10.8 Å². The average molecular weight is 492 g/mol. The molecule has 0 bridgehead atoms. The quantitative estimate of drug-likeness (QED) is 0.201. The highest BCUT2D eigenvalue weighted by Gasteiger charge is 2.18. The topological polar surface area (TPSA) is 140 Å². The van der Waals surface area contributed by atoms with Crippen molar-refractivity contribution in [3.63, 3.8) is 0 Å². The van der Waals surface area contributed by atoms with E-state index in [-0.39, 0.29) is 23.1 Å².